The third-order valence-electron chi connectivity index (χ3n) is 2.93. The van der Waals surface area contributed by atoms with Crippen LogP contribution in [0.3, 0.4) is 0 Å². The Morgan fingerprint density at radius 3 is 2.59 bits per heavy atom. The summed E-state index contributed by atoms with van der Waals surface area (Å²) in [5.41, 5.74) is 0.598. The highest BCUT2D eigenvalue weighted by Crippen LogP contribution is 2.05. The lowest BCUT2D eigenvalue weighted by Crippen LogP contribution is -2.43. The maximum Gasteiger partial charge on any atom is 0.252 e. The summed E-state index contributed by atoms with van der Waals surface area (Å²) in [6, 6.07) is 1.78. The van der Waals surface area contributed by atoms with E-state index in [1.807, 2.05) is 26.2 Å². The molecule has 1 aromatic rings. The Morgan fingerprint density at radius 1 is 1.32 bits per heavy atom. The Morgan fingerprint density at radius 2 is 2.05 bits per heavy atom. The average Bonchev–Trinajstić information content (AvgIpc) is 2.97. The summed E-state index contributed by atoms with van der Waals surface area (Å²) in [6.07, 6.45) is 0.179. The van der Waals surface area contributed by atoms with Crippen molar-refractivity contribution in [1.82, 2.24) is 15.5 Å². The van der Waals surface area contributed by atoms with E-state index in [-0.39, 0.29) is 43.3 Å². The van der Waals surface area contributed by atoms with Crippen LogP contribution in [-0.2, 0) is 9.59 Å². The van der Waals surface area contributed by atoms with Gasteiger partial charge in [-0.3, -0.25) is 14.4 Å². The van der Waals surface area contributed by atoms with Crippen LogP contribution < -0.4 is 10.6 Å². The van der Waals surface area contributed by atoms with Crippen LogP contribution in [-0.4, -0.2) is 48.3 Å². The van der Waals surface area contributed by atoms with Gasteiger partial charge in [0.25, 0.3) is 5.91 Å². The van der Waals surface area contributed by atoms with Gasteiger partial charge in [-0.25, -0.2) is 0 Å². The molecule has 1 heterocycles. The quantitative estimate of drug-likeness (QED) is 0.755. The molecule has 0 atom stereocenters. The predicted octanol–water partition coefficient (Wildman–Crippen LogP) is 1.24. The standard InChI is InChI=1S/C15H23N3O3S/c1-4-18(9-13(19)17-11(2)3)14(20)5-7-16-15(21)12-6-8-22-10-12/h6,8,10-11H,4-5,7,9H2,1-3H3,(H,16,21)(H,17,19). The second kappa shape index (κ2) is 9.19. The second-order valence-corrected chi connectivity index (χ2v) is 5.93. The van der Waals surface area contributed by atoms with E-state index in [4.69, 9.17) is 0 Å². The van der Waals surface area contributed by atoms with Crippen molar-refractivity contribution in [2.24, 2.45) is 0 Å². The normalized spacial score (nSPS) is 10.4. The summed E-state index contributed by atoms with van der Waals surface area (Å²) in [4.78, 5) is 37.0. The van der Waals surface area contributed by atoms with Crippen molar-refractivity contribution in [3.8, 4) is 0 Å². The van der Waals surface area contributed by atoms with Crippen molar-refractivity contribution >= 4 is 29.1 Å². The zero-order valence-corrected chi connectivity index (χ0v) is 14.0. The minimum atomic E-state index is -0.186. The van der Waals surface area contributed by atoms with E-state index in [0.29, 0.717) is 12.1 Å². The van der Waals surface area contributed by atoms with Gasteiger partial charge in [-0.1, -0.05) is 0 Å². The molecule has 0 saturated heterocycles. The smallest absolute Gasteiger partial charge is 0.252 e. The molecule has 0 aromatic carbocycles. The molecule has 2 N–H and O–H groups in total. The minimum Gasteiger partial charge on any atom is -0.352 e. The maximum absolute atomic E-state index is 12.1. The number of thiophene rings is 1. The van der Waals surface area contributed by atoms with Gasteiger partial charge in [0.05, 0.1) is 6.54 Å². The number of carbonyl (C=O) groups is 3. The van der Waals surface area contributed by atoms with Gasteiger partial charge in [0.2, 0.25) is 11.8 Å². The summed E-state index contributed by atoms with van der Waals surface area (Å²) >= 11 is 1.45. The zero-order valence-electron chi connectivity index (χ0n) is 13.2. The third kappa shape index (κ3) is 6.26. The van der Waals surface area contributed by atoms with Gasteiger partial charge in [-0.15, -0.1) is 0 Å². The van der Waals surface area contributed by atoms with E-state index in [0.717, 1.165) is 0 Å². The van der Waals surface area contributed by atoms with Gasteiger partial charge in [0.15, 0.2) is 0 Å². The van der Waals surface area contributed by atoms with Crippen LogP contribution in [0.2, 0.25) is 0 Å². The first-order chi connectivity index (χ1) is 10.4. The number of amides is 3. The molecule has 122 valence electrons. The largest absolute Gasteiger partial charge is 0.352 e. The van der Waals surface area contributed by atoms with Crippen LogP contribution in [0.1, 0.15) is 37.6 Å². The van der Waals surface area contributed by atoms with Gasteiger partial charge in [0, 0.05) is 36.5 Å². The highest BCUT2D eigenvalue weighted by molar-refractivity contribution is 7.08. The number of likely N-dealkylation sites (N-methyl/N-ethyl adjacent to an activating group) is 1. The number of nitrogens with one attached hydrogen (secondary N) is 2. The lowest BCUT2D eigenvalue weighted by molar-refractivity contribution is -0.135. The lowest BCUT2D eigenvalue weighted by Gasteiger charge is -2.21. The molecule has 0 spiro atoms. The first-order valence-electron chi connectivity index (χ1n) is 7.31. The Balaban J connectivity index is 2.35. The molecular weight excluding hydrogens is 302 g/mol. The van der Waals surface area contributed by atoms with E-state index >= 15 is 0 Å². The van der Waals surface area contributed by atoms with Crippen LogP contribution in [0.4, 0.5) is 0 Å². The van der Waals surface area contributed by atoms with Gasteiger partial charge in [-0.05, 0) is 32.2 Å². The van der Waals surface area contributed by atoms with Gasteiger partial charge < -0.3 is 15.5 Å². The molecule has 1 rings (SSSR count). The van der Waals surface area contributed by atoms with Crippen LogP contribution in [0.5, 0.6) is 0 Å². The van der Waals surface area contributed by atoms with Crippen molar-refractivity contribution in [3.63, 3.8) is 0 Å². The Kier molecular flexibility index (Phi) is 7.59. The average molecular weight is 325 g/mol. The maximum atomic E-state index is 12.1. The van der Waals surface area contributed by atoms with E-state index in [1.165, 1.54) is 16.2 Å². The Hall–Kier alpha value is -1.89. The fourth-order valence-corrected chi connectivity index (χ4v) is 2.49. The van der Waals surface area contributed by atoms with Crippen LogP contribution in [0, 0.1) is 0 Å². The molecule has 7 heteroatoms. The number of nitrogens with zero attached hydrogens (tertiary/aromatic N) is 1. The first kappa shape index (κ1) is 18.2. The van der Waals surface area contributed by atoms with E-state index in [9.17, 15) is 14.4 Å². The topological polar surface area (TPSA) is 78.5 Å². The number of hydrogen-bond acceptors (Lipinski definition) is 4. The van der Waals surface area contributed by atoms with Gasteiger partial charge in [0.1, 0.15) is 0 Å². The van der Waals surface area contributed by atoms with E-state index in [2.05, 4.69) is 10.6 Å². The van der Waals surface area contributed by atoms with E-state index < -0.39 is 0 Å². The summed E-state index contributed by atoms with van der Waals surface area (Å²) < 4.78 is 0. The second-order valence-electron chi connectivity index (χ2n) is 5.15. The molecule has 0 unspecified atom stereocenters. The summed E-state index contributed by atoms with van der Waals surface area (Å²) in [7, 11) is 0. The van der Waals surface area contributed by atoms with Crippen molar-refractivity contribution in [2.45, 2.75) is 33.2 Å². The molecule has 0 fully saturated rings. The van der Waals surface area contributed by atoms with Gasteiger partial charge >= 0.3 is 0 Å². The van der Waals surface area contributed by atoms with Crippen LogP contribution >= 0.6 is 11.3 Å². The molecule has 0 aliphatic carbocycles. The highest BCUT2D eigenvalue weighted by atomic mass is 32.1. The van der Waals surface area contributed by atoms with Crippen molar-refractivity contribution in [3.05, 3.63) is 22.4 Å². The van der Waals surface area contributed by atoms with Crippen LogP contribution in [0.25, 0.3) is 0 Å². The number of carbonyl (C=O) groups excluding carboxylic acids is 3. The Labute approximate surface area is 134 Å². The minimum absolute atomic E-state index is 0.0474. The zero-order chi connectivity index (χ0) is 16.5. The van der Waals surface area contributed by atoms with Crippen molar-refractivity contribution < 1.29 is 14.4 Å². The monoisotopic (exact) mass is 325 g/mol. The lowest BCUT2D eigenvalue weighted by atomic mass is 10.3. The van der Waals surface area contributed by atoms with Crippen molar-refractivity contribution in [2.75, 3.05) is 19.6 Å². The van der Waals surface area contributed by atoms with E-state index in [1.54, 1.807) is 11.4 Å². The summed E-state index contributed by atoms with van der Waals surface area (Å²) in [5.74, 6) is -0.505. The number of hydrogen-bond donors (Lipinski definition) is 2. The molecule has 0 aliphatic heterocycles. The molecule has 0 saturated carbocycles. The van der Waals surface area contributed by atoms with Crippen molar-refractivity contribution in [1.29, 1.82) is 0 Å². The molecular formula is C15H23N3O3S. The molecule has 22 heavy (non-hydrogen) atoms. The predicted molar refractivity (Wildman–Crippen MR) is 86.8 cm³/mol. The fourth-order valence-electron chi connectivity index (χ4n) is 1.85. The molecule has 1 aromatic heterocycles. The SMILES string of the molecule is CCN(CC(=O)NC(C)C)C(=O)CCNC(=O)c1ccsc1. The molecule has 3 amide bonds. The fraction of sp³-hybridized carbons (Fsp3) is 0.533. The molecule has 0 radical (unpaired) electrons. The first-order valence-corrected chi connectivity index (χ1v) is 8.25. The third-order valence-corrected chi connectivity index (χ3v) is 3.61. The summed E-state index contributed by atoms with van der Waals surface area (Å²) in [6.45, 7) is 6.33. The molecule has 0 aliphatic rings. The highest BCUT2D eigenvalue weighted by Gasteiger charge is 2.16. The van der Waals surface area contributed by atoms with Gasteiger partial charge in [-0.2, -0.15) is 11.3 Å². The molecule has 0 bridgehead atoms. The molecule has 6 nitrogen and oxygen atoms in total. The Bertz CT molecular complexity index is 500. The number of rotatable bonds is 8. The summed E-state index contributed by atoms with van der Waals surface area (Å²) in [5, 5.41) is 9.04. The van der Waals surface area contributed by atoms with Crippen LogP contribution in [0.15, 0.2) is 16.8 Å².